The van der Waals surface area contributed by atoms with E-state index in [4.69, 9.17) is 4.74 Å². The van der Waals surface area contributed by atoms with E-state index in [0.717, 1.165) is 11.6 Å². The predicted molar refractivity (Wildman–Crippen MR) is 77.3 cm³/mol. The first-order valence-electron chi connectivity index (χ1n) is 6.83. The van der Waals surface area contributed by atoms with Gasteiger partial charge >= 0.3 is 0 Å². The number of anilines is 2. The minimum atomic E-state index is 0.431. The van der Waals surface area contributed by atoms with Crippen LogP contribution in [-0.4, -0.2) is 30.2 Å². The van der Waals surface area contributed by atoms with Crippen LogP contribution in [0.5, 0.6) is 0 Å². The topological polar surface area (TPSA) is 59.1 Å². The summed E-state index contributed by atoms with van der Waals surface area (Å²) in [7, 11) is 3.52. The van der Waals surface area contributed by atoms with Crippen molar-refractivity contribution in [3.05, 3.63) is 11.9 Å². The van der Waals surface area contributed by atoms with E-state index in [0.29, 0.717) is 23.9 Å². The summed E-state index contributed by atoms with van der Waals surface area (Å²) in [5.41, 5.74) is 0.436. The van der Waals surface area contributed by atoms with Gasteiger partial charge in [-0.15, -0.1) is 0 Å². The van der Waals surface area contributed by atoms with E-state index in [-0.39, 0.29) is 0 Å². The first-order valence-corrected chi connectivity index (χ1v) is 6.83. The van der Waals surface area contributed by atoms with Gasteiger partial charge in [-0.3, -0.25) is 0 Å². The number of aromatic nitrogens is 2. The molecule has 5 nitrogen and oxygen atoms in total. The zero-order chi connectivity index (χ0) is 13.9. The number of hydrogen-bond acceptors (Lipinski definition) is 5. The predicted octanol–water partition coefficient (Wildman–Crippen LogP) is 2.66. The molecule has 1 heterocycles. The van der Waals surface area contributed by atoms with Crippen LogP contribution in [0.25, 0.3) is 0 Å². The van der Waals surface area contributed by atoms with Crippen molar-refractivity contribution in [2.75, 3.05) is 24.8 Å². The Hall–Kier alpha value is -1.36. The molecule has 1 aromatic heterocycles. The molecular weight excluding hydrogens is 240 g/mol. The van der Waals surface area contributed by atoms with Crippen molar-refractivity contribution in [2.45, 2.75) is 45.8 Å². The molecule has 1 saturated carbocycles. The van der Waals surface area contributed by atoms with E-state index in [9.17, 15) is 0 Å². The molecule has 2 N–H and O–H groups in total. The molecule has 1 aromatic rings. The van der Waals surface area contributed by atoms with Crippen molar-refractivity contribution in [2.24, 2.45) is 5.41 Å². The number of hydrogen-bond donors (Lipinski definition) is 2. The first-order chi connectivity index (χ1) is 9.02. The van der Waals surface area contributed by atoms with E-state index in [1.165, 1.54) is 19.3 Å². The Morgan fingerprint density at radius 3 is 2.68 bits per heavy atom. The Labute approximate surface area is 115 Å². The highest BCUT2D eigenvalue weighted by molar-refractivity contribution is 5.47. The van der Waals surface area contributed by atoms with E-state index in [1.54, 1.807) is 7.11 Å². The highest BCUT2D eigenvalue weighted by Gasteiger charge is 2.30. The molecule has 1 fully saturated rings. The third-order valence-electron chi connectivity index (χ3n) is 3.62. The van der Waals surface area contributed by atoms with Crippen molar-refractivity contribution in [3.63, 3.8) is 0 Å². The van der Waals surface area contributed by atoms with Gasteiger partial charge in [0.25, 0.3) is 0 Å². The van der Waals surface area contributed by atoms with Crippen LogP contribution in [-0.2, 0) is 11.3 Å². The van der Waals surface area contributed by atoms with Gasteiger partial charge in [-0.05, 0) is 24.7 Å². The second kappa shape index (κ2) is 5.74. The fourth-order valence-corrected chi connectivity index (χ4v) is 2.66. The molecule has 0 aliphatic heterocycles. The number of nitrogens with zero attached hydrogens (tertiary/aromatic N) is 2. The van der Waals surface area contributed by atoms with Crippen LogP contribution in [0, 0.1) is 5.41 Å². The average molecular weight is 264 g/mol. The van der Waals surface area contributed by atoms with Crippen molar-refractivity contribution >= 4 is 11.6 Å². The van der Waals surface area contributed by atoms with Gasteiger partial charge in [0.15, 0.2) is 5.82 Å². The summed E-state index contributed by atoms with van der Waals surface area (Å²) in [5, 5.41) is 6.58. The number of ether oxygens (including phenoxy) is 1. The average Bonchev–Trinajstić information content (AvgIpc) is 2.68. The summed E-state index contributed by atoms with van der Waals surface area (Å²) in [6, 6.07) is 2.45. The normalized spacial score (nSPS) is 21.4. The summed E-state index contributed by atoms with van der Waals surface area (Å²) in [6.07, 6.45) is 3.65. The molecule has 0 spiro atoms. The van der Waals surface area contributed by atoms with Gasteiger partial charge in [-0.25, -0.2) is 9.97 Å². The Morgan fingerprint density at radius 2 is 2.11 bits per heavy atom. The zero-order valence-electron chi connectivity index (χ0n) is 12.3. The van der Waals surface area contributed by atoms with Gasteiger partial charge in [-0.2, -0.15) is 0 Å². The fourth-order valence-electron chi connectivity index (χ4n) is 2.66. The zero-order valence-corrected chi connectivity index (χ0v) is 12.3. The molecule has 0 amide bonds. The maximum Gasteiger partial charge on any atom is 0.158 e. The third kappa shape index (κ3) is 3.80. The van der Waals surface area contributed by atoms with Gasteiger partial charge in [-0.1, -0.05) is 13.8 Å². The second-order valence-electron chi connectivity index (χ2n) is 5.99. The van der Waals surface area contributed by atoms with Gasteiger partial charge in [0.05, 0.1) is 0 Å². The molecule has 106 valence electrons. The number of nitrogens with one attached hydrogen (secondary N) is 2. The van der Waals surface area contributed by atoms with Crippen molar-refractivity contribution in [1.29, 1.82) is 0 Å². The Bertz CT molecular complexity index is 433. The molecule has 1 atom stereocenters. The molecule has 0 radical (unpaired) electrons. The molecular formula is C14H24N4O. The second-order valence-corrected chi connectivity index (χ2v) is 5.99. The van der Waals surface area contributed by atoms with Gasteiger partial charge in [0, 0.05) is 26.3 Å². The SMILES string of the molecule is CNc1cc(NC2CCC(C)(C)C2)nc(COC)n1. The van der Waals surface area contributed by atoms with E-state index in [1.807, 2.05) is 13.1 Å². The monoisotopic (exact) mass is 264 g/mol. The fraction of sp³-hybridized carbons (Fsp3) is 0.714. The lowest BCUT2D eigenvalue weighted by atomic mass is 9.92. The number of methoxy groups -OCH3 is 1. The van der Waals surface area contributed by atoms with Gasteiger partial charge in [0.2, 0.25) is 0 Å². The Balaban J connectivity index is 2.09. The quantitative estimate of drug-likeness (QED) is 0.856. The lowest BCUT2D eigenvalue weighted by molar-refractivity contribution is 0.178. The van der Waals surface area contributed by atoms with Gasteiger partial charge in [0.1, 0.15) is 18.2 Å². The third-order valence-corrected chi connectivity index (χ3v) is 3.62. The smallest absolute Gasteiger partial charge is 0.158 e. The lowest BCUT2D eigenvalue weighted by Gasteiger charge is -2.18. The van der Waals surface area contributed by atoms with Crippen LogP contribution in [0.3, 0.4) is 0 Å². The molecule has 2 rings (SSSR count). The number of rotatable bonds is 5. The molecule has 1 aliphatic carbocycles. The van der Waals surface area contributed by atoms with Crippen LogP contribution >= 0.6 is 0 Å². The molecule has 0 aromatic carbocycles. The van der Waals surface area contributed by atoms with Crippen LogP contribution in [0.15, 0.2) is 6.07 Å². The molecule has 0 saturated heterocycles. The standard InChI is InChI=1S/C14H24N4O/c1-14(2)6-5-10(8-14)16-12-7-11(15-3)17-13(18-12)9-19-4/h7,10H,5-6,8-9H2,1-4H3,(H2,15,16,17,18). The Morgan fingerprint density at radius 1 is 1.37 bits per heavy atom. The van der Waals surface area contributed by atoms with E-state index in [2.05, 4.69) is 34.4 Å². The van der Waals surface area contributed by atoms with Crippen molar-refractivity contribution in [1.82, 2.24) is 9.97 Å². The summed E-state index contributed by atoms with van der Waals surface area (Å²) in [6.45, 7) is 5.08. The lowest BCUT2D eigenvalue weighted by Crippen LogP contribution is -2.19. The van der Waals surface area contributed by atoms with Gasteiger partial charge < -0.3 is 15.4 Å². The molecule has 1 aliphatic rings. The molecule has 1 unspecified atom stereocenters. The summed E-state index contributed by atoms with van der Waals surface area (Å²) in [5.74, 6) is 2.41. The maximum absolute atomic E-state index is 5.10. The Kier molecular flexibility index (Phi) is 4.24. The maximum atomic E-state index is 5.10. The molecule has 5 heteroatoms. The van der Waals surface area contributed by atoms with Crippen LogP contribution in [0.4, 0.5) is 11.6 Å². The van der Waals surface area contributed by atoms with Crippen LogP contribution in [0.2, 0.25) is 0 Å². The van der Waals surface area contributed by atoms with Crippen LogP contribution in [0.1, 0.15) is 38.9 Å². The van der Waals surface area contributed by atoms with E-state index >= 15 is 0 Å². The van der Waals surface area contributed by atoms with E-state index < -0.39 is 0 Å². The largest absolute Gasteiger partial charge is 0.377 e. The minimum Gasteiger partial charge on any atom is -0.377 e. The van der Waals surface area contributed by atoms with Crippen molar-refractivity contribution in [3.8, 4) is 0 Å². The summed E-state index contributed by atoms with van der Waals surface area (Å²) < 4.78 is 5.10. The highest BCUT2D eigenvalue weighted by Crippen LogP contribution is 2.38. The van der Waals surface area contributed by atoms with Crippen molar-refractivity contribution < 1.29 is 4.74 Å². The summed E-state index contributed by atoms with van der Waals surface area (Å²) in [4.78, 5) is 8.85. The first kappa shape index (κ1) is 14.1. The summed E-state index contributed by atoms with van der Waals surface area (Å²) >= 11 is 0. The highest BCUT2D eigenvalue weighted by atomic mass is 16.5. The molecule has 0 bridgehead atoms. The van der Waals surface area contributed by atoms with Crippen LogP contribution < -0.4 is 10.6 Å². The minimum absolute atomic E-state index is 0.431. The molecule has 19 heavy (non-hydrogen) atoms.